The fraction of sp³-hybridized carbons (Fsp3) is 0.889. The molecule has 1 rings (SSSR count). The van der Waals surface area contributed by atoms with Gasteiger partial charge in [-0.25, -0.2) is 0 Å². The molecule has 1 N–H and O–H groups in total. The summed E-state index contributed by atoms with van der Waals surface area (Å²) in [6.45, 7) is 1.97. The summed E-state index contributed by atoms with van der Waals surface area (Å²) >= 11 is 1.84. The average molecular weight is 188 g/mol. The highest BCUT2D eigenvalue weighted by Gasteiger charge is 2.27. The second-order valence-corrected chi connectivity index (χ2v) is 4.61. The Bertz CT molecular complexity index is 153. The van der Waals surface area contributed by atoms with E-state index in [-0.39, 0.29) is 5.92 Å². The molecule has 0 radical (unpaired) electrons. The number of aliphatic carboxylic acids is 1. The van der Waals surface area contributed by atoms with Crippen molar-refractivity contribution in [2.75, 3.05) is 5.75 Å². The van der Waals surface area contributed by atoms with Gasteiger partial charge >= 0.3 is 5.97 Å². The smallest absolute Gasteiger partial charge is 0.307 e. The topological polar surface area (TPSA) is 37.3 Å². The van der Waals surface area contributed by atoms with Crippen molar-refractivity contribution >= 4 is 17.7 Å². The summed E-state index contributed by atoms with van der Waals surface area (Å²) in [4.78, 5) is 10.8. The molecule has 1 aliphatic rings. The standard InChI is InChI=1S/C9H16O2S/c1-2-7(9(10)11)8-5-3-4-6-12-8/h7-8H,2-6H2,1H3,(H,10,11). The van der Waals surface area contributed by atoms with E-state index in [2.05, 4.69) is 0 Å². The van der Waals surface area contributed by atoms with E-state index in [0.717, 1.165) is 18.6 Å². The van der Waals surface area contributed by atoms with Crippen LogP contribution in [0.15, 0.2) is 0 Å². The van der Waals surface area contributed by atoms with Crippen molar-refractivity contribution in [1.29, 1.82) is 0 Å². The first-order valence-corrected chi connectivity index (χ1v) is 5.65. The monoisotopic (exact) mass is 188 g/mol. The molecule has 0 spiro atoms. The van der Waals surface area contributed by atoms with Gasteiger partial charge in [-0.15, -0.1) is 0 Å². The largest absolute Gasteiger partial charge is 0.481 e. The average Bonchev–Trinajstić information content (AvgIpc) is 2.07. The van der Waals surface area contributed by atoms with Crippen LogP contribution in [0.1, 0.15) is 32.6 Å². The van der Waals surface area contributed by atoms with Crippen LogP contribution in [0.4, 0.5) is 0 Å². The molecule has 0 aromatic carbocycles. The summed E-state index contributed by atoms with van der Waals surface area (Å²) in [6, 6.07) is 0. The van der Waals surface area contributed by atoms with Crippen LogP contribution in [0, 0.1) is 5.92 Å². The zero-order chi connectivity index (χ0) is 8.97. The lowest BCUT2D eigenvalue weighted by molar-refractivity contribution is -0.141. The lowest BCUT2D eigenvalue weighted by atomic mass is 9.98. The Morgan fingerprint density at radius 3 is 2.83 bits per heavy atom. The third-order valence-electron chi connectivity index (χ3n) is 2.42. The number of carboxylic acids is 1. The molecule has 70 valence electrons. The summed E-state index contributed by atoms with van der Waals surface area (Å²) in [5.41, 5.74) is 0. The van der Waals surface area contributed by atoms with Crippen molar-refractivity contribution in [3.63, 3.8) is 0 Å². The molecule has 0 aliphatic carbocycles. The van der Waals surface area contributed by atoms with E-state index in [4.69, 9.17) is 5.11 Å². The molecule has 0 amide bonds. The van der Waals surface area contributed by atoms with Crippen molar-refractivity contribution < 1.29 is 9.90 Å². The Hall–Kier alpha value is -0.180. The fourth-order valence-electron chi connectivity index (χ4n) is 1.68. The van der Waals surface area contributed by atoms with E-state index in [0.29, 0.717) is 5.25 Å². The van der Waals surface area contributed by atoms with Crippen LogP contribution >= 0.6 is 11.8 Å². The Kier molecular flexibility index (Phi) is 3.92. The van der Waals surface area contributed by atoms with Gasteiger partial charge in [0.2, 0.25) is 0 Å². The lowest BCUT2D eigenvalue weighted by Crippen LogP contribution is -2.27. The van der Waals surface area contributed by atoms with Gasteiger partial charge in [0.15, 0.2) is 0 Å². The third kappa shape index (κ3) is 2.41. The van der Waals surface area contributed by atoms with Gasteiger partial charge in [0.1, 0.15) is 0 Å². The first-order chi connectivity index (χ1) is 5.75. The molecule has 0 bridgehead atoms. The SMILES string of the molecule is CCC(C(=O)O)C1CCCCS1. The molecule has 2 nitrogen and oxygen atoms in total. The molecular formula is C9H16O2S. The highest BCUT2D eigenvalue weighted by molar-refractivity contribution is 8.00. The van der Waals surface area contributed by atoms with Gasteiger partial charge in [-0.1, -0.05) is 13.3 Å². The van der Waals surface area contributed by atoms with Gasteiger partial charge < -0.3 is 5.11 Å². The number of carboxylic acid groups (broad SMARTS) is 1. The first kappa shape index (κ1) is 9.90. The molecule has 1 saturated heterocycles. The van der Waals surface area contributed by atoms with Crippen LogP contribution in [0.3, 0.4) is 0 Å². The molecular weight excluding hydrogens is 172 g/mol. The summed E-state index contributed by atoms with van der Waals surface area (Å²) < 4.78 is 0. The minimum Gasteiger partial charge on any atom is -0.481 e. The predicted molar refractivity (Wildman–Crippen MR) is 51.5 cm³/mol. The summed E-state index contributed by atoms with van der Waals surface area (Å²) in [6.07, 6.45) is 4.33. The van der Waals surface area contributed by atoms with Crippen LogP contribution < -0.4 is 0 Å². The van der Waals surface area contributed by atoms with Gasteiger partial charge in [0.05, 0.1) is 5.92 Å². The quantitative estimate of drug-likeness (QED) is 0.739. The second kappa shape index (κ2) is 4.75. The maximum atomic E-state index is 10.8. The molecule has 1 heterocycles. The van der Waals surface area contributed by atoms with E-state index >= 15 is 0 Å². The van der Waals surface area contributed by atoms with E-state index in [1.807, 2.05) is 18.7 Å². The summed E-state index contributed by atoms with van der Waals surface area (Å²) in [5.74, 6) is 0.418. The van der Waals surface area contributed by atoms with E-state index in [1.165, 1.54) is 12.8 Å². The zero-order valence-corrected chi connectivity index (χ0v) is 8.27. The maximum absolute atomic E-state index is 10.8. The van der Waals surface area contributed by atoms with Gasteiger partial charge in [-0.05, 0) is 25.0 Å². The minimum atomic E-state index is -0.614. The molecule has 12 heavy (non-hydrogen) atoms. The molecule has 0 aromatic heterocycles. The minimum absolute atomic E-state index is 0.115. The number of rotatable bonds is 3. The van der Waals surface area contributed by atoms with Crippen LogP contribution in [0.5, 0.6) is 0 Å². The van der Waals surface area contributed by atoms with Crippen molar-refractivity contribution in [2.24, 2.45) is 5.92 Å². The Morgan fingerprint density at radius 1 is 1.67 bits per heavy atom. The molecule has 0 saturated carbocycles. The lowest BCUT2D eigenvalue weighted by Gasteiger charge is -2.25. The van der Waals surface area contributed by atoms with Crippen molar-refractivity contribution in [1.82, 2.24) is 0 Å². The highest BCUT2D eigenvalue weighted by Crippen LogP contribution is 2.32. The molecule has 1 fully saturated rings. The fourth-order valence-corrected chi connectivity index (χ4v) is 3.23. The Labute approximate surface area is 77.7 Å². The molecule has 1 aliphatic heterocycles. The van der Waals surface area contributed by atoms with E-state index < -0.39 is 5.97 Å². The zero-order valence-electron chi connectivity index (χ0n) is 7.45. The van der Waals surface area contributed by atoms with Crippen LogP contribution in [-0.4, -0.2) is 22.1 Å². The van der Waals surface area contributed by atoms with E-state index in [9.17, 15) is 4.79 Å². The predicted octanol–water partition coefficient (Wildman–Crippen LogP) is 2.38. The number of hydrogen-bond donors (Lipinski definition) is 1. The van der Waals surface area contributed by atoms with Gasteiger partial charge in [-0.2, -0.15) is 11.8 Å². The van der Waals surface area contributed by atoms with Crippen LogP contribution in [0.25, 0.3) is 0 Å². The van der Waals surface area contributed by atoms with Crippen LogP contribution in [-0.2, 0) is 4.79 Å². The molecule has 2 unspecified atom stereocenters. The van der Waals surface area contributed by atoms with Crippen molar-refractivity contribution in [2.45, 2.75) is 37.9 Å². The van der Waals surface area contributed by atoms with Gasteiger partial charge in [-0.3, -0.25) is 4.79 Å². The number of hydrogen-bond acceptors (Lipinski definition) is 2. The van der Waals surface area contributed by atoms with Gasteiger partial charge in [0.25, 0.3) is 0 Å². The van der Waals surface area contributed by atoms with Crippen molar-refractivity contribution in [3.8, 4) is 0 Å². The third-order valence-corrected chi connectivity index (χ3v) is 3.94. The second-order valence-electron chi connectivity index (χ2n) is 3.26. The molecule has 3 heteroatoms. The number of thioether (sulfide) groups is 1. The number of carbonyl (C=O) groups is 1. The van der Waals surface area contributed by atoms with E-state index in [1.54, 1.807) is 0 Å². The summed E-state index contributed by atoms with van der Waals surface area (Å²) in [5, 5.41) is 9.29. The Morgan fingerprint density at radius 2 is 2.42 bits per heavy atom. The van der Waals surface area contributed by atoms with Crippen LogP contribution in [0.2, 0.25) is 0 Å². The highest BCUT2D eigenvalue weighted by atomic mass is 32.2. The molecule has 2 atom stereocenters. The van der Waals surface area contributed by atoms with Crippen molar-refractivity contribution in [3.05, 3.63) is 0 Å². The first-order valence-electron chi connectivity index (χ1n) is 4.60. The molecule has 0 aromatic rings. The normalized spacial score (nSPS) is 26.6. The Balaban J connectivity index is 2.46. The van der Waals surface area contributed by atoms with Gasteiger partial charge in [0, 0.05) is 5.25 Å². The summed E-state index contributed by atoms with van der Waals surface area (Å²) in [7, 11) is 0. The maximum Gasteiger partial charge on any atom is 0.307 e.